The van der Waals surface area contributed by atoms with Crippen molar-refractivity contribution in [3.05, 3.63) is 30.3 Å². The number of hydrogen-bond acceptors (Lipinski definition) is 7. The van der Waals surface area contributed by atoms with Gasteiger partial charge in [0.15, 0.2) is 17.9 Å². The molecule has 0 bridgehead atoms. The Morgan fingerprint density at radius 2 is 1.59 bits per heavy atom. The van der Waals surface area contributed by atoms with E-state index in [0.717, 1.165) is 57.1 Å². The van der Waals surface area contributed by atoms with Crippen molar-refractivity contribution in [2.75, 3.05) is 18.1 Å². The molecular weight excluding hydrogens is 474 g/mol. The Morgan fingerprint density at radius 3 is 2.27 bits per heavy atom. The van der Waals surface area contributed by atoms with Crippen molar-refractivity contribution < 1.29 is 33.2 Å². The first kappa shape index (κ1) is 25.7. The SMILES string of the molecule is CC(C)N(C(=O)COC1C(C2COC3(CCCCC3)O2)OC2OC3(CCCCC3)OC21)c1ccccc1. The second kappa shape index (κ2) is 10.5. The molecule has 2 spiro atoms. The molecule has 8 heteroatoms. The Hall–Kier alpha value is -1.55. The summed E-state index contributed by atoms with van der Waals surface area (Å²) >= 11 is 0. The molecule has 3 aliphatic heterocycles. The molecule has 0 N–H and O–H groups in total. The number of rotatable bonds is 6. The number of nitrogens with zero attached hydrogens (tertiary/aromatic N) is 1. The van der Waals surface area contributed by atoms with Crippen LogP contribution >= 0.6 is 0 Å². The molecule has 5 fully saturated rings. The maximum Gasteiger partial charge on any atom is 0.253 e. The highest BCUT2D eigenvalue weighted by atomic mass is 16.9. The van der Waals surface area contributed by atoms with Gasteiger partial charge in [-0.3, -0.25) is 4.79 Å². The molecule has 3 heterocycles. The van der Waals surface area contributed by atoms with Crippen molar-refractivity contribution in [3.8, 4) is 0 Å². The van der Waals surface area contributed by atoms with E-state index in [-0.39, 0.29) is 24.7 Å². The van der Waals surface area contributed by atoms with Crippen LogP contribution in [0.1, 0.15) is 78.1 Å². The molecule has 2 saturated carbocycles. The topological polar surface area (TPSA) is 75.7 Å². The third-order valence-corrected chi connectivity index (χ3v) is 8.58. The Labute approximate surface area is 219 Å². The van der Waals surface area contributed by atoms with Crippen LogP contribution in [0.2, 0.25) is 0 Å². The highest BCUT2D eigenvalue weighted by Gasteiger charge is 2.61. The van der Waals surface area contributed by atoms with Gasteiger partial charge in [-0.05, 0) is 51.7 Å². The molecule has 1 aromatic rings. The van der Waals surface area contributed by atoms with Crippen LogP contribution in [0.15, 0.2) is 30.3 Å². The summed E-state index contributed by atoms with van der Waals surface area (Å²) in [5, 5.41) is 0. The Kier molecular flexibility index (Phi) is 7.33. The molecular formula is C29H41NO7. The van der Waals surface area contributed by atoms with Crippen LogP contribution in [-0.2, 0) is 33.2 Å². The third kappa shape index (κ3) is 5.09. The van der Waals surface area contributed by atoms with Gasteiger partial charge in [-0.2, -0.15) is 0 Å². The van der Waals surface area contributed by atoms with Crippen molar-refractivity contribution in [2.24, 2.45) is 0 Å². The summed E-state index contributed by atoms with van der Waals surface area (Å²) in [7, 11) is 0. The average molecular weight is 516 g/mol. The van der Waals surface area contributed by atoms with Crippen molar-refractivity contribution in [2.45, 2.75) is 126 Å². The summed E-state index contributed by atoms with van der Waals surface area (Å²) in [5.41, 5.74) is 0.858. The van der Waals surface area contributed by atoms with Gasteiger partial charge in [0, 0.05) is 37.4 Å². The first-order valence-corrected chi connectivity index (χ1v) is 14.3. The van der Waals surface area contributed by atoms with Crippen molar-refractivity contribution in [1.29, 1.82) is 0 Å². The zero-order valence-electron chi connectivity index (χ0n) is 22.1. The Bertz CT molecular complexity index is 927. The summed E-state index contributed by atoms with van der Waals surface area (Å²) in [6.07, 6.45) is 8.22. The predicted molar refractivity (Wildman–Crippen MR) is 136 cm³/mol. The van der Waals surface area contributed by atoms with E-state index in [1.54, 1.807) is 4.90 Å². The molecule has 37 heavy (non-hydrogen) atoms. The quantitative estimate of drug-likeness (QED) is 0.544. The average Bonchev–Trinajstić information content (AvgIpc) is 3.55. The minimum absolute atomic E-state index is 0.00355. The maximum atomic E-state index is 13.4. The highest BCUT2D eigenvalue weighted by molar-refractivity contribution is 5.94. The molecule has 0 aromatic heterocycles. The van der Waals surface area contributed by atoms with E-state index in [2.05, 4.69) is 0 Å². The van der Waals surface area contributed by atoms with Crippen LogP contribution in [-0.4, -0.2) is 67.4 Å². The van der Waals surface area contributed by atoms with E-state index in [1.165, 1.54) is 12.8 Å². The first-order valence-electron chi connectivity index (χ1n) is 14.3. The molecule has 204 valence electrons. The van der Waals surface area contributed by atoms with Crippen molar-refractivity contribution >= 4 is 11.6 Å². The van der Waals surface area contributed by atoms with Crippen LogP contribution in [0.25, 0.3) is 0 Å². The van der Waals surface area contributed by atoms with Crippen molar-refractivity contribution in [3.63, 3.8) is 0 Å². The lowest BCUT2D eigenvalue weighted by molar-refractivity contribution is -0.262. The number of hydrogen-bond donors (Lipinski definition) is 0. The molecule has 8 nitrogen and oxygen atoms in total. The number of anilines is 1. The summed E-state index contributed by atoms with van der Waals surface area (Å²) in [4.78, 5) is 15.2. The van der Waals surface area contributed by atoms with E-state index in [0.29, 0.717) is 6.61 Å². The standard InChI is InChI=1S/C29H41NO7/c1-20(2)30(21-12-6-3-7-13-21)23(31)19-32-25-24(22-18-33-28(35-22)14-8-4-9-15-28)34-27-26(25)36-29(37-27)16-10-5-11-17-29/h3,6-7,12-13,20,22,24-27H,4-5,8-11,14-19H2,1-2H3. The van der Waals surface area contributed by atoms with Gasteiger partial charge in [0.05, 0.1) is 6.61 Å². The third-order valence-electron chi connectivity index (χ3n) is 8.58. The van der Waals surface area contributed by atoms with Crippen LogP contribution in [0.3, 0.4) is 0 Å². The molecule has 1 aromatic carbocycles. The summed E-state index contributed by atoms with van der Waals surface area (Å²) < 4.78 is 38.6. The first-order chi connectivity index (χ1) is 18.0. The zero-order valence-corrected chi connectivity index (χ0v) is 22.1. The Balaban J connectivity index is 1.19. The molecule has 5 aliphatic rings. The number of amides is 1. The molecule has 3 saturated heterocycles. The van der Waals surface area contributed by atoms with Crippen LogP contribution in [0, 0.1) is 0 Å². The Morgan fingerprint density at radius 1 is 0.919 bits per heavy atom. The van der Waals surface area contributed by atoms with Crippen LogP contribution in [0.4, 0.5) is 5.69 Å². The normalized spacial score (nSPS) is 34.3. The van der Waals surface area contributed by atoms with Gasteiger partial charge in [-0.1, -0.05) is 31.0 Å². The smallest absolute Gasteiger partial charge is 0.253 e. The number of carbonyl (C=O) groups excluding carboxylic acids is 1. The number of ether oxygens (including phenoxy) is 6. The molecule has 0 radical (unpaired) electrons. The predicted octanol–water partition coefficient (Wildman–Crippen LogP) is 4.69. The fraction of sp³-hybridized carbons (Fsp3) is 0.759. The number of carbonyl (C=O) groups is 1. The summed E-state index contributed by atoms with van der Waals surface area (Å²) in [6.45, 7) is 4.40. The molecule has 2 aliphatic carbocycles. The minimum atomic E-state index is -0.601. The van der Waals surface area contributed by atoms with Gasteiger partial charge >= 0.3 is 0 Å². The maximum absolute atomic E-state index is 13.4. The fourth-order valence-corrected chi connectivity index (χ4v) is 6.82. The van der Waals surface area contributed by atoms with Gasteiger partial charge < -0.3 is 33.3 Å². The lowest BCUT2D eigenvalue weighted by atomic mass is 9.94. The number of fused-ring (bicyclic) bond motifs is 1. The van der Waals surface area contributed by atoms with E-state index in [1.807, 2.05) is 44.2 Å². The van der Waals surface area contributed by atoms with Gasteiger partial charge in [0.1, 0.15) is 31.0 Å². The van der Waals surface area contributed by atoms with E-state index in [9.17, 15) is 4.79 Å². The number of benzene rings is 1. The minimum Gasteiger partial charge on any atom is -0.363 e. The zero-order chi connectivity index (χ0) is 25.5. The van der Waals surface area contributed by atoms with Crippen molar-refractivity contribution in [1.82, 2.24) is 0 Å². The fourth-order valence-electron chi connectivity index (χ4n) is 6.82. The second-order valence-electron chi connectivity index (χ2n) is 11.5. The van der Waals surface area contributed by atoms with Crippen LogP contribution < -0.4 is 4.90 Å². The molecule has 5 unspecified atom stereocenters. The number of para-hydroxylation sites is 1. The van der Waals surface area contributed by atoms with E-state index in [4.69, 9.17) is 28.4 Å². The largest absolute Gasteiger partial charge is 0.363 e. The van der Waals surface area contributed by atoms with Gasteiger partial charge in [0.2, 0.25) is 0 Å². The van der Waals surface area contributed by atoms with Gasteiger partial charge in [-0.15, -0.1) is 0 Å². The molecule has 6 rings (SSSR count). The summed E-state index contributed by atoms with van der Waals surface area (Å²) in [5.74, 6) is -1.21. The highest BCUT2D eigenvalue weighted by Crippen LogP contribution is 2.48. The molecule has 1 amide bonds. The van der Waals surface area contributed by atoms with Gasteiger partial charge in [0.25, 0.3) is 5.91 Å². The van der Waals surface area contributed by atoms with E-state index < -0.39 is 36.2 Å². The van der Waals surface area contributed by atoms with Crippen LogP contribution in [0.5, 0.6) is 0 Å². The van der Waals surface area contributed by atoms with Gasteiger partial charge in [-0.25, -0.2) is 0 Å². The molecule has 5 atom stereocenters. The second-order valence-corrected chi connectivity index (χ2v) is 11.5. The lowest BCUT2D eigenvalue weighted by Crippen LogP contribution is -2.47. The monoisotopic (exact) mass is 515 g/mol. The lowest BCUT2D eigenvalue weighted by Gasteiger charge is -2.36. The summed E-state index contributed by atoms with van der Waals surface area (Å²) in [6, 6.07) is 9.72. The van der Waals surface area contributed by atoms with E-state index >= 15 is 0 Å².